The molecule has 3 rings (SSSR count). The summed E-state index contributed by atoms with van der Waals surface area (Å²) in [7, 11) is 0. The highest BCUT2D eigenvalue weighted by Crippen LogP contribution is 2.43. The summed E-state index contributed by atoms with van der Waals surface area (Å²) in [6, 6.07) is 4.17. The van der Waals surface area contributed by atoms with Crippen LogP contribution in [0.2, 0.25) is 0 Å². The van der Waals surface area contributed by atoms with Crippen LogP contribution in [0.1, 0.15) is 52.2 Å². The van der Waals surface area contributed by atoms with Gasteiger partial charge in [0.25, 0.3) is 0 Å². The van der Waals surface area contributed by atoms with Crippen molar-refractivity contribution in [1.29, 1.82) is 0 Å². The standard InChI is InChI=1S/C14H17NO/c15-8-13(16)12-6-10-3-1-2-9-4-5-11(7-12)14(9)10/h6-7,9H,1-5,8,15H2. The topological polar surface area (TPSA) is 43.1 Å². The van der Waals surface area contributed by atoms with Gasteiger partial charge < -0.3 is 5.73 Å². The van der Waals surface area contributed by atoms with Crippen LogP contribution in [-0.2, 0) is 12.8 Å². The molecule has 1 atom stereocenters. The monoisotopic (exact) mass is 215 g/mol. The summed E-state index contributed by atoms with van der Waals surface area (Å²) in [6.45, 7) is 0.127. The lowest BCUT2D eigenvalue weighted by molar-refractivity contribution is 0.100. The summed E-state index contributed by atoms with van der Waals surface area (Å²) in [6.07, 6.45) is 6.19. The van der Waals surface area contributed by atoms with Crippen LogP contribution >= 0.6 is 0 Å². The van der Waals surface area contributed by atoms with E-state index in [2.05, 4.69) is 12.1 Å². The van der Waals surface area contributed by atoms with Crippen LogP contribution in [0.3, 0.4) is 0 Å². The van der Waals surface area contributed by atoms with Gasteiger partial charge in [-0.25, -0.2) is 0 Å². The van der Waals surface area contributed by atoms with Crippen LogP contribution in [0.4, 0.5) is 0 Å². The zero-order chi connectivity index (χ0) is 11.1. The third-order valence-electron chi connectivity index (χ3n) is 4.03. The molecule has 1 aromatic carbocycles. The van der Waals surface area contributed by atoms with E-state index < -0.39 is 0 Å². The number of Topliss-reactive ketones (excluding diaryl/α,β-unsaturated/α-hetero) is 1. The number of hydrogen-bond acceptors (Lipinski definition) is 2. The van der Waals surface area contributed by atoms with Gasteiger partial charge in [0.1, 0.15) is 0 Å². The second-order valence-corrected chi connectivity index (χ2v) is 4.96. The molecule has 2 heteroatoms. The number of rotatable bonds is 2. The minimum absolute atomic E-state index is 0.0769. The fourth-order valence-electron chi connectivity index (χ4n) is 3.30. The maximum Gasteiger partial charge on any atom is 0.176 e. The predicted octanol–water partition coefficient (Wildman–Crippen LogP) is 2.19. The third-order valence-corrected chi connectivity index (χ3v) is 4.03. The summed E-state index contributed by atoms with van der Waals surface area (Å²) in [5.74, 6) is 0.855. The van der Waals surface area contributed by atoms with Gasteiger partial charge in [-0.1, -0.05) is 0 Å². The van der Waals surface area contributed by atoms with Crippen LogP contribution in [0.15, 0.2) is 12.1 Å². The zero-order valence-electron chi connectivity index (χ0n) is 9.46. The highest BCUT2D eigenvalue weighted by atomic mass is 16.1. The molecule has 0 saturated heterocycles. The molecule has 0 fully saturated rings. The van der Waals surface area contributed by atoms with Crippen molar-refractivity contribution in [2.45, 2.75) is 38.0 Å². The van der Waals surface area contributed by atoms with E-state index in [1.165, 1.54) is 30.4 Å². The first kappa shape index (κ1) is 10.0. The van der Waals surface area contributed by atoms with Gasteiger partial charge in [-0.3, -0.25) is 4.79 Å². The summed E-state index contributed by atoms with van der Waals surface area (Å²) in [4.78, 5) is 11.7. The van der Waals surface area contributed by atoms with Gasteiger partial charge >= 0.3 is 0 Å². The Morgan fingerprint density at radius 2 is 2.00 bits per heavy atom. The molecule has 0 amide bonds. The average molecular weight is 215 g/mol. The Hall–Kier alpha value is -1.15. The van der Waals surface area contributed by atoms with Crippen LogP contribution in [0, 0.1) is 0 Å². The molecule has 2 aliphatic rings. The Labute approximate surface area is 95.8 Å². The van der Waals surface area contributed by atoms with Crippen molar-refractivity contribution in [2.75, 3.05) is 6.54 Å². The van der Waals surface area contributed by atoms with Crippen LogP contribution in [0.25, 0.3) is 0 Å². The molecular formula is C14H17NO. The summed E-state index contributed by atoms with van der Waals surface area (Å²) in [5.41, 5.74) is 10.7. The molecule has 2 N–H and O–H groups in total. The first-order valence-electron chi connectivity index (χ1n) is 6.18. The Balaban J connectivity index is 2.11. The maximum atomic E-state index is 11.7. The average Bonchev–Trinajstić information content (AvgIpc) is 2.73. The van der Waals surface area contributed by atoms with Crippen molar-refractivity contribution >= 4 is 5.78 Å². The van der Waals surface area contributed by atoms with E-state index in [4.69, 9.17) is 5.73 Å². The summed E-state index contributed by atoms with van der Waals surface area (Å²) in [5, 5.41) is 0. The van der Waals surface area contributed by atoms with Crippen molar-refractivity contribution in [1.82, 2.24) is 0 Å². The SMILES string of the molecule is NCC(=O)c1cc2c3c(c1)CCC3CCC2. The zero-order valence-corrected chi connectivity index (χ0v) is 9.46. The highest BCUT2D eigenvalue weighted by molar-refractivity contribution is 5.98. The van der Waals surface area contributed by atoms with Gasteiger partial charge in [0.15, 0.2) is 5.78 Å². The molecule has 84 valence electrons. The van der Waals surface area contributed by atoms with Crippen molar-refractivity contribution in [3.63, 3.8) is 0 Å². The molecule has 1 aromatic rings. The van der Waals surface area contributed by atoms with E-state index in [1.807, 2.05) is 0 Å². The predicted molar refractivity (Wildman–Crippen MR) is 63.8 cm³/mol. The lowest BCUT2D eigenvalue weighted by Crippen LogP contribution is -2.15. The molecule has 0 bridgehead atoms. The van der Waals surface area contributed by atoms with E-state index in [-0.39, 0.29) is 12.3 Å². The molecule has 0 aromatic heterocycles. The normalized spacial score (nSPS) is 21.9. The number of aryl methyl sites for hydroxylation is 2. The molecule has 1 unspecified atom stereocenters. The lowest BCUT2D eigenvalue weighted by Gasteiger charge is -2.22. The van der Waals surface area contributed by atoms with E-state index >= 15 is 0 Å². The maximum absolute atomic E-state index is 11.7. The van der Waals surface area contributed by atoms with E-state index in [0.29, 0.717) is 0 Å². The van der Waals surface area contributed by atoms with Crippen LogP contribution in [-0.4, -0.2) is 12.3 Å². The fraction of sp³-hybridized carbons (Fsp3) is 0.500. The summed E-state index contributed by atoms with van der Waals surface area (Å²) < 4.78 is 0. The molecule has 0 heterocycles. The Morgan fingerprint density at radius 3 is 2.75 bits per heavy atom. The fourth-order valence-corrected chi connectivity index (χ4v) is 3.30. The lowest BCUT2D eigenvalue weighted by atomic mass is 9.83. The van der Waals surface area contributed by atoms with E-state index in [1.54, 1.807) is 5.56 Å². The smallest absolute Gasteiger partial charge is 0.176 e. The van der Waals surface area contributed by atoms with Crippen molar-refractivity contribution in [3.8, 4) is 0 Å². The highest BCUT2D eigenvalue weighted by Gasteiger charge is 2.29. The number of benzene rings is 1. The van der Waals surface area contributed by atoms with Crippen molar-refractivity contribution in [2.24, 2.45) is 5.73 Å². The molecule has 0 aliphatic heterocycles. The molecular weight excluding hydrogens is 198 g/mol. The molecule has 0 radical (unpaired) electrons. The molecule has 0 saturated carbocycles. The molecule has 2 aliphatic carbocycles. The van der Waals surface area contributed by atoms with E-state index in [0.717, 1.165) is 24.3 Å². The summed E-state index contributed by atoms with van der Waals surface area (Å²) >= 11 is 0. The van der Waals surface area contributed by atoms with Crippen molar-refractivity contribution < 1.29 is 4.79 Å². The quantitative estimate of drug-likeness (QED) is 0.768. The van der Waals surface area contributed by atoms with Gasteiger partial charge in [0.05, 0.1) is 6.54 Å². The number of ketones is 1. The molecule has 2 nitrogen and oxygen atoms in total. The van der Waals surface area contributed by atoms with E-state index in [9.17, 15) is 4.79 Å². The first-order chi connectivity index (χ1) is 7.79. The first-order valence-corrected chi connectivity index (χ1v) is 6.18. The van der Waals surface area contributed by atoms with Crippen molar-refractivity contribution in [3.05, 3.63) is 34.4 Å². The Morgan fingerprint density at radius 1 is 1.25 bits per heavy atom. The Bertz CT molecular complexity index is 450. The second-order valence-electron chi connectivity index (χ2n) is 4.96. The molecule has 0 spiro atoms. The van der Waals surface area contributed by atoms with Gasteiger partial charge in [-0.05, 0) is 66.8 Å². The largest absolute Gasteiger partial charge is 0.324 e. The molecule has 16 heavy (non-hydrogen) atoms. The number of carbonyl (C=O) groups is 1. The van der Waals surface area contributed by atoms with Crippen LogP contribution < -0.4 is 5.73 Å². The third kappa shape index (κ3) is 1.40. The number of nitrogens with two attached hydrogens (primary N) is 1. The minimum atomic E-state index is 0.0769. The van der Waals surface area contributed by atoms with Crippen LogP contribution in [0.5, 0.6) is 0 Å². The van der Waals surface area contributed by atoms with Gasteiger partial charge in [-0.2, -0.15) is 0 Å². The number of carbonyl (C=O) groups excluding carboxylic acids is 1. The Kier molecular flexibility index (Phi) is 2.32. The van der Waals surface area contributed by atoms with Gasteiger partial charge in [0.2, 0.25) is 0 Å². The van der Waals surface area contributed by atoms with Gasteiger partial charge in [-0.15, -0.1) is 0 Å². The van der Waals surface area contributed by atoms with Gasteiger partial charge in [0, 0.05) is 5.56 Å². The minimum Gasteiger partial charge on any atom is -0.324 e. The number of hydrogen-bond donors (Lipinski definition) is 1. The second kappa shape index (κ2) is 3.70.